The van der Waals surface area contributed by atoms with Gasteiger partial charge in [-0.1, -0.05) is 30.7 Å². The van der Waals surface area contributed by atoms with Crippen molar-refractivity contribution in [2.75, 3.05) is 6.61 Å². The highest BCUT2D eigenvalue weighted by molar-refractivity contribution is 6.31. The molecule has 1 N–H and O–H groups in total. The Morgan fingerprint density at radius 3 is 2.95 bits per heavy atom. The molecule has 1 atom stereocenters. The molecule has 0 spiro atoms. The molecule has 5 heteroatoms. The van der Waals surface area contributed by atoms with Crippen LogP contribution in [0, 0.1) is 6.92 Å². The third-order valence-electron chi connectivity index (χ3n) is 3.23. The summed E-state index contributed by atoms with van der Waals surface area (Å²) in [4.78, 5) is 0. The third-order valence-corrected chi connectivity index (χ3v) is 3.53. The fourth-order valence-electron chi connectivity index (χ4n) is 2.22. The summed E-state index contributed by atoms with van der Waals surface area (Å²) in [5.74, 6) is 0.815. The first-order chi connectivity index (χ1) is 10.1. The van der Waals surface area contributed by atoms with Crippen LogP contribution < -0.4 is 4.74 Å². The summed E-state index contributed by atoms with van der Waals surface area (Å²) in [5, 5.41) is 15.0. The highest BCUT2D eigenvalue weighted by atomic mass is 35.5. The van der Waals surface area contributed by atoms with E-state index >= 15 is 0 Å². The quantitative estimate of drug-likeness (QED) is 0.847. The summed E-state index contributed by atoms with van der Waals surface area (Å²) in [6.07, 6.45) is 2.33. The molecule has 1 heterocycles. The molecule has 0 aliphatic carbocycles. The smallest absolute Gasteiger partial charge is 0.119 e. The maximum absolute atomic E-state index is 10.3. The van der Waals surface area contributed by atoms with Crippen molar-refractivity contribution < 1.29 is 9.84 Å². The van der Waals surface area contributed by atoms with E-state index in [9.17, 15) is 5.11 Å². The molecule has 2 rings (SSSR count). The molecular weight excluding hydrogens is 288 g/mol. The van der Waals surface area contributed by atoms with Crippen LogP contribution in [-0.2, 0) is 6.54 Å². The number of aryl methyl sites for hydroxylation is 2. The summed E-state index contributed by atoms with van der Waals surface area (Å²) >= 11 is 6.11. The zero-order valence-corrected chi connectivity index (χ0v) is 13.2. The monoisotopic (exact) mass is 308 g/mol. The fraction of sp³-hybridized carbons (Fsp3) is 0.438. The first kappa shape index (κ1) is 15.9. The van der Waals surface area contributed by atoms with Crippen molar-refractivity contribution in [3.05, 3.63) is 46.7 Å². The molecule has 1 aromatic heterocycles. The number of aromatic nitrogens is 2. The Hall–Kier alpha value is -1.52. The lowest BCUT2D eigenvalue weighted by molar-refractivity contribution is 0.131. The van der Waals surface area contributed by atoms with Crippen molar-refractivity contribution in [1.82, 2.24) is 9.78 Å². The molecule has 21 heavy (non-hydrogen) atoms. The Labute approximate surface area is 130 Å². The molecule has 0 bridgehead atoms. The van der Waals surface area contributed by atoms with E-state index in [0.717, 1.165) is 24.3 Å². The van der Waals surface area contributed by atoms with Gasteiger partial charge in [0.15, 0.2) is 0 Å². The van der Waals surface area contributed by atoms with Gasteiger partial charge in [-0.05, 0) is 31.0 Å². The van der Waals surface area contributed by atoms with Crippen molar-refractivity contribution in [3.63, 3.8) is 0 Å². The average molecular weight is 309 g/mol. The molecule has 0 amide bonds. The molecule has 0 saturated heterocycles. The topological polar surface area (TPSA) is 47.3 Å². The van der Waals surface area contributed by atoms with Gasteiger partial charge in [0, 0.05) is 13.0 Å². The van der Waals surface area contributed by atoms with Crippen LogP contribution in [0.25, 0.3) is 0 Å². The van der Waals surface area contributed by atoms with Gasteiger partial charge in [-0.15, -0.1) is 0 Å². The van der Waals surface area contributed by atoms with E-state index in [1.165, 1.54) is 0 Å². The molecule has 0 fully saturated rings. The van der Waals surface area contributed by atoms with Crippen LogP contribution in [0.5, 0.6) is 5.75 Å². The minimum Gasteiger partial charge on any atom is -0.493 e. The van der Waals surface area contributed by atoms with Crippen molar-refractivity contribution in [1.29, 1.82) is 0 Å². The molecule has 1 unspecified atom stereocenters. The molecule has 2 aromatic rings. The van der Waals surface area contributed by atoms with Crippen LogP contribution in [0.15, 0.2) is 30.5 Å². The SMILES string of the molecule is CCCn1ncc(Cl)c1C(O)CCOc1cccc(C)c1. The average Bonchev–Trinajstić information content (AvgIpc) is 2.80. The number of rotatable bonds is 7. The molecule has 114 valence electrons. The van der Waals surface area contributed by atoms with Crippen LogP contribution in [-0.4, -0.2) is 21.5 Å². The predicted octanol–water partition coefficient (Wildman–Crippen LogP) is 3.76. The van der Waals surface area contributed by atoms with Gasteiger partial charge in [0.05, 0.1) is 23.5 Å². The predicted molar refractivity (Wildman–Crippen MR) is 83.8 cm³/mol. The standard InChI is InChI=1S/C16H21ClN2O2/c1-3-8-19-16(14(17)11-18-19)15(20)7-9-21-13-6-4-5-12(2)10-13/h4-6,10-11,15,20H,3,7-9H2,1-2H3. The highest BCUT2D eigenvalue weighted by Gasteiger charge is 2.17. The Morgan fingerprint density at radius 1 is 1.43 bits per heavy atom. The largest absolute Gasteiger partial charge is 0.493 e. The molecule has 4 nitrogen and oxygen atoms in total. The van der Waals surface area contributed by atoms with Crippen molar-refractivity contribution >= 4 is 11.6 Å². The van der Waals surface area contributed by atoms with Crippen LogP contribution in [0.3, 0.4) is 0 Å². The number of benzene rings is 1. The summed E-state index contributed by atoms with van der Waals surface area (Å²) in [6, 6.07) is 7.85. The van der Waals surface area contributed by atoms with Crippen molar-refractivity contribution in [2.24, 2.45) is 0 Å². The number of halogens is 1. The number of hydrogen-bond donors (Lipinski definition) is 1. The van der Waals surface area contributed by atoms with Gasteiger partial charge in [-0.3, -0.25) is 4.68 Å². The van der Waals surface area contributed by atoms with E-state index in [1.54, 1.807) is 10.9 Å². The van der Waals surface area contributed by atoms with Gasteiger partial charge in [0.2, 0.25) is 0 Å². The maximum atomic E-state index is 10.3. The summed E-state index contributed by atoms with van der Waals surface area (Å²) in [6.45, 7) is 5.26. The van der Waals surface area contributed by atoms with Gasteiger partial charge in [0.1, 0.15) is 11.9 Å². The van der Waals surface area contributed by atoms with Crippen molar-refractivity contribution in [2.45, 2.75) is 39.3 Å². The minimum atomic E-state index is -0.670. The van der Waals surface area contributed by atoms with Crippen LogP contribution >= 0.6 is 11.6 Å². The van der Waals surface area contributed by atoms with E-state index < -0.39 is 6.10 Å². The molecule has 0 aliphatic rings. The number of aliphatic hydroxyl groups excluding tert-OH is 1. The van der Waals surface area contributed by atoms with Gasteiger partial charge in [-0.2, -0.15) is 5.10 Å². The zero-order chi connectivity index (χ0) is 15.2. The Bertz CT molecular complexity index is 583. The van der Waals surface area contributed by atoms with E-state index in [-0.39, 0.29) is 0 Å². The summed E-state index contributed by atoms with van der Waals surface area (Å²) < 4.78 is 7.43. The van der Waals surface area contributed by atoms with Crippen LogP contribution in [0.1, 0.15) is 37.1 Å². The number of hydrogen-bond acceptors (Lipinski definition) is 3. The lowest BCUT2D eigenvalue weighted by Gasteiger charge is -2.14. The summed E-state index contributed by atoms with van der Waals surface area (Å²) in [5.41, 5.74) is 1.82. The van der Waals surface area contributed by atoms with Gasteiger partial charge < -0.3 is 9.84 Å². The van der Waals surface area contributed by atoms with Crippen LogP contribution in [0.2, 0.25) is 5.02 Å². The first-order valence-corrected chi connectivity index (χ1v) is 7.58. The molecule has 0 saturated carbocycles. The van der Waals surface area contributed by atoms with Crippen molar-refractivity contribution in [3.8, 4) is 5.75 Å². The van der Waals surface area contributed by atoms with E-state index in [4.69, 9.17) is 16.3 Å². The molecule has 0 aliphatic heterocycles. The minimum absolute atomic E-state index is 0.429. The Balaban J connectivity index is 1.93. The lowest BCUT2D eigenvalue weighted by atomic mass is 10.2. The van der Waals surface area contributed by atoms with Gasteiger partial charge in [0.25, 0.3) is 0 Å². The molecular formula is C16H21ClN2O2. The highest BCUT2D eigenvalue weighted by Crippen LogP contribution is 2.25. The maximum Gasteiger partial charge on any atom is 0.119 e. The van der Waals surface area contributed by atoms with E-state index in [1.807, 2.05) is 31.2 Å². The van der Waals surface area contributed by atoms with Crippen LogP contribution in [0.4, 0.5) is 0 Å². The fourth-order valence-corrected chi connectivity index (χ4v) is 2.49. The van der Waals surface area contributed by atoms with Gasteiger partial charge >= 0.3 is 0 Å². The lowest BCUT2D eigenvalue weighted by Crippen LogP contribution is -2.12. The normalized spacial score (nSPS) is 12.4. The second kappa shape index (κ2) is 7.48. The number of nitrogens with zero attached hydrogens (tertiary/aromatic N) is 2. The first-order valence-electron chi connectivity index (χ1n) is 7.20. The third kappa shape index (κ3) is 4.22. The Kier molecular flexibility index (Phi) is 5.65. The van der Waals surface area contributed by atoms with Gasteiger partial charge in [-0.25, -0.2) is 0 Å². The second-order valence-corrected chi connectivity index (χ2v) is 5.48. The molecule has 1 aromatic carbocycles. The molecule has 0 radical (unpaired) electrons. The summed E-state index contributed by atoms with van der Waals surface area (Å²) in [7, 11) is 0. The number of ether oxygens (including phenoxy) is 1. The van der Waals surface area contributed by atoms with E-state index in [0.29, 0.717) is 23.7 Å². The van der Waals surface area contributed by atoms with E-state index in [2.05, 4.69) is 12.0 Å². The number of aliphatic hydroxyl groups is 1. The zero-order valence-electron chi connectivity index (χ0n) is 12.4. The second-order valence-electron chi connectivity index (χ2n) is 5.07. The Morgan fingerprint density at radius 2 is 2.24 bits per heavy atom.